The number of halogens is 2. The fourth-order valence-electron chi connectivity index (χ4n) is 1.18. The van der Waals surface area contributed by atoms with E-state index in [2.05, 4.69) is 6.58 Å². The summed E-state index contributed by atoms with van der Waals surface area (Å²) >= 11 is 11.8. The Morgan fingerprint density at radius 2 is 1.88 bits per heavy atom. The molecule has 0 aromatic heterocycles. The zero-order chi connectivity index (χ0) is 12.6. The first-order valence-electron chi connectivity index (χ1n) is 5.53. The molecule has 0 saturated carbocycles. The summed E-state index contributed by atoms with van der Waals surface area (Å²) in [6.07, 6.45) is 4.89. The minimum atomic E-state index is -0.480. The number of alkyl halides is 2. The quantitative estimate of drug-likeness (QED) is 0.225. The lowest BCUT2D eigenvalue weighted by molar-refractivity contribution is -0.139. The van der Waals surface area contributed by atoms with Gasteiger partial charge in [-0.15, -0.1) is 23.2 Å². The minimum absolute atomic E-state index is 0.305. The highest BCUT2D eigenvalue weighted by Crippen LogP contribution is 2.23. The van der Waals surface area contributed by atoms with Gasteiger partial charge < -0.3 is 4.74 Å². The number of rotatable bonds is 8. The lowest BCUT2D eigenvalue weighted by atomic mass is 10.1. The van der Waals surface area contributed by atoms with Crippen LogP contribution in [-0.2, 0) is 9.53 Å². The van der Waals surface area contributed by atoms with Crippen LogP contribution in [0.25, 0.3) is 0 Å². The van der Waals surface area contributed by atoms with Gasteiger partial charge in [-0.05, 0) is 19.8 Å². The molecule has 0 saturated heterocycles. The predicted molar refractivity (Wildman–Crippen MR) is 73.2 cm³/mol. The van der Waals surface area contributed by atoms with Crippen LogP contribution in [-0.4, -0.2) is 26.8 Å². The van der Waals surface area contributed by atoms with Crippen molar-refractivity contribution in [1.29, 1.82) is 0 Å². The van der Waals surface area contributed by atoms with Gasteiger partial charge in [0.25, 0.3) is 0 Å². The average molecular weight is 283 g/mol. The Morgan fingerprint density at radius 3 is 2.38 bits per heavy atom. The normalized spacial score (nSPS) is 11.4. The second-order valence-electron chi connectivity index (χ2n) is 4.15. The number of carbonyl (C=O) groups is 1. The van der Waals surface area contributed by atoms with Gasteiger partial charge in [0.15, 0.2) is 0 Å². The topological polar surface area (TPSA) is 26.3 Å². The molecule has 0 aliphatic rings. The van der Waals surface area contributed by atoms with Crippen molar-refractivity contribution in [3.63, 3.8) is 0 Å². The first-order chi connectivity index (χ1) is 7.33. The molecule has 0 rings (SSSR count). The first kappa shape index (κ1) is 16.0. The average Bonchev–Trinajstić information content (AvgIpc) is 2.14. The molecule has 0 radical (unpaired) electrons. The van der Waals surface area contributed by atoms with Crippen LogP contribution in [0.15, 0.2) is 12.2 Å². The van der Waals surface area contributed by atoms with Crippen LogP contribution in [0.5, 0.6) is 0 Å². The van der Waals surface area contributed by atoms with Gasteiger partial charge in [-0.3, -0.25) is 0 Å². The van der Waals surface area contributed by atoms with E-state index in [1.165, 1.54) is 0 Å². The summed E-state index contributed by atoms with van der Waals surface area (Å²) in [5.41, 5.74) is 0.449. The number of hydrogen-bond acceptors (Lipinski definition) is 2. The molecule has 94 valence electrons. The van der Waals surface area contributed by atoms with Crippen molar-refractivity contribution in [2.45, 2.75) is 43.0 Å². The molecule has 0 spiro atoms. The van der Waals surface area contributed by atoms with Crippen LogP contribution in [0, 0.1) is 0 Å². The van der Waals surface area contributed by atoms with E-state index >= 15 is 0 Å². The Hall–Kier alpha value is 0.00688. The molecule has 0 fully saturated rings. The number of esters is 1. The largest absolute Gasteiger partial charge is 0.462 e. The molecular formula is C11H20Cl2O2Si. The fourth-order valence-corrected chi connectivity index (χ4v) is 1.80. The van der Waals surface area contributed by atoms with E-state index in [0.29, 0.717) is 12.2 Å². The van der Waals surface area contributed by atoms with Crippen LogP contribution < -0.4 is 0 Å². The van der Waals surface area contributed by atoms with E-state index in [-0.39, 0.29) is 5.97 Å². The molecule has 0 unspecified atom stereocenters. The van der Waals surface area contributed by atoms with Gasteiger partial charge in [0.2, 0.25) is 0 Å². The smallest absolute Gasteiger partial charge is 0.333 e. The van der Waals surface area contributed by atoms with Crippen LogP contribution >= 0.6 is 23.2 Å². The van der Waals surface area contributed by atoms with Crippen molar-refractivity contribution >= 4 is 39.4 Å². The Morgan fingerprint density at radius 1 is 1.31 bits per heavy atom. The van der Waals surface area contributed by atoms with Crippen molar-refractivity contribution in [2.24, 2.45) is 0 Å². The van der Waals surface area contributed by atoms with E-state index in [0.717, 1.165) is 42.3 Å². The van der Waals surface area contributed by atoms with Crippen molar-refractivity contribution in [1.82, 2.24) is 0 Å². The van der Waals surface area contributed by atoms with Crippen LogP contribution in [0.1, 0.15) is 39.0 Å². The Balaban J connectivity index is 3.29. The summed E-state index contributed by atoms with van der Waals surface area (Å²) in [5.74, 6) is -0.305. The number of carbonyl (C=O) groups excluding carboxylic acids is 1. The third kappa shape index (κ3) is 10.5. The molecular weight excluding hydrogens is 263 g/mol. The summed E-state index contributed by atoms with van der Waals surface area (Å²) in [6, 6.07) is 0. The highest BCUT2D eigenvalue weighted by atomic mass is 35.5. The lowest BCUT2D eigenvalue weighted by Gasteiger charge is -2.12. The van der Waals surface area contributed by atoms with E-state index in [9.17, 15) is 4.79 Å². The molecule has 0 bridgehead atoms. The van der Waals surface area contributed by atoms with Gasteiger partial charge in [-0.2, -0.15) is 0 Å². The molecule has 0 aliphatic heterocycles. The van der Waals surface area contributed by atoms with Crippen LogP contribution in [0.2, 0.25) is 0 Å². The molecule has 0 aromatic rings. The number of unbranched alkanes of at least 4 members (excludes halogenated alkanes) is 3. The zero-order valence-corrected chi connectivity index (χ0v) is 13.5. The van der Waals surface area contributed by atoms with E-state index in [4.69, 9.17) is 27.9 Å². The van der Waals surface area contributed by atoms with Gasteiger partial charge in [0, 0.05) is 15.8 Å². The SMILES string of the molecule is C=C(C)C(=O)OCCCCCCC([SiH3])(Cl)Cl. The molecule has 16 heavy (non-hydrogen) atoms. The van der Waals surface area contributed by atoms with Crippen LogP contribution in [0.3, 0.4) is 0 Å². The van der Waals surface area contributed by atoms with E-state index in [1.54, 1.807) is 6.92 Å². The third-order valence-electron chi connectivity index (χ3n) is 2.09. The maximum Gasteiger partial charge on any atom is 0.333 e. The standard InChI is InChI=1S/C11H20Cl2O2Si/c1-9(2)10(14)15-8-6-4-3-5-7-11(12,13)16/h1,3-8H2,2,16H3. The minimum Gasteiger partial charge on any atom is -0.462 e. The second kappa shape index (κ2) is 8.15. The fraction of sp³-hybridized carbons (Fsp3) is 0.727. The monoisotopic (exact) mass is 282 g/mol. The summed E-state index contributed by atoms with van der Waals surface area (Å²) in [5, 5.41) is 0. The summed E-state index contributed by atoms with van der Waals surface area (Å²) in [4.78, 5) is 11.0. The predicted octanol–water partition coefficient (Wildman–Crippen LogP) is 2.55. The second-order valence-corrected chi connectivity index (χ2v) is 8.99. The lowest BCUT2D eigenvalue weighted by Crippen LogP contribution is -2.11. The summed E-state index contributed by atoms with van der Waals surface area (Å²) in [6.45, 7) is 5.63. The molecule has 0 N–H and O–H groups in total. The zero-order valence-electron chi connectivity index (χ0n) is 10.0. The molecule has 0 heterocycles. The summed E-state index contributed by atoms with van der Waals surface area (Å²) < 4.78 is 4.49. The third-order valence-corrected chi connectivity index (χ3v) is 2.97. The molecule has 5 heteroatoms. The van der Waals surface area contributed by atoms with Gasteiger partial charge in [-0.25, -0.2) is 4.79 Å². The van der Waals surface area contributed by atoms with Crippen molar-refractivity contribution in [3.05, 3.63) is 12.2 Å². The molecule has 0 atom stereocenters. The Kier molecular flexibility index (Phi) is 8.15. The molecule has 0 aliphatic carbocycles. The molecule has 0 amide bonds. The van der Waals surface area contributed by atoms with Gasteiger partial charge in [-0.1, -0.05) is 25.8 Å². The Bertz CT molecular complexity index is 237. The van der Waals surface area contributed by atoms with Crippen molar-refractivity contribution in [2.75, 3.05) is 6.61 Å². The number of ether oxygens (including phenoxy) is 1. The van der Waals surface area contributed by atoms with Gasteiger partial charge in [0.1, 0.15) is 0 Å². The van der Waals surface area contributed by atoms with Gasteiger partial charge in [0.05, 0.1) is 10.6 Å². The van der Waals surface area contributed by atoms with Crippen molar-refractivity contribution in [3.8, 4) is 0 Å². The Labute approximate surface area is 111 Å². The maximum atomic E-state index is 11.0. The van der Waals surface area contributed by atoms with E-state index < -0.39 is 3.96 Å². The maximum absolute atomic E-state index is 11.0. The molecule has 0 aromatic carbocycles. The number of hydrogen-bond donors (Lipinski definition) is 0. The highest BCUT2D eigenvalue weighted by Gasteiger charge is 2.14. The van der Waals surface area contributed by atoms with E-state index in [1.807, 2.05) is 0 Å². The van der Waals surface area contributed by atoms with Crippen LogP contribution in [0.4, 0.5) is 0 Å². The highest BCUT2D eigenvalue weighted by molar-refractivity contribution is 6.65. The van der Waals surface area contributed by atoms with Crippen molar-refractivity contribution < 1.29 is 9.53 Å². The summed E-state index contributed by atoms with van der Waals surface area (Å²) in [7, 11) is 0.795. The van der Waals surface area contributed by atoms with Gasteiger partial charge >= 0.3 is 5.97 Å². The molecule has 2 nitrogen and oxygen atoms in total. The first-order valence-corrected chi connectivity index (χ1v) is 7.29.